The van der Waals surface area contributed by atoms with E-state index in [-0.39, 0.29) is 6.42 Å². The fraction of sp³-hybridized carbons (Fsp3) is 0.100. The topological polar surface area (TPSA) is 66.4 Å². The van der Waals surface area contributed by atoms with Crippen LogP contribution in [0, 0.1) is 5.82 Å². The van der Waals surface area contributed by atoms with Crippen molar-refractivity contribution in [3.63, 3.8) is 0 Å². The van der Waals surface area contributed by atoms with Crippen LogP contribution in [0.25, 0.3) is 10.8 Å². The predicted molar refractivity (Wildman–Crippen MR) is 92.9 cm³/mol. The Morgan fingerprint density at radius 2 is 1.64 bits per heavy atom. The quantitative estimate of drug-likeness (QED) is 0.750. The maximum absolute atomic E-state index is 13.0. The molecule has 1 amide bonds. The van der Waals surface area contributed by atoms with Gasteiger partial charge in [0.15, 0.2) is 0 Å². The first kappa shape index (κ1) is 16.6. The Morgan fingerprint density at radius 3 is 2.32 bits per heavy atom. The minimum atomic E-state index is -1.14. The molecule has 2 N–H and O–H groups in total. The molecule has 0 radical (unpaired) electrons. The van der Waals surface area contributed by atoms with Gasteiger partial charge in [0.05, 0.1) is 0 Å². The minimum absolute atomic E-state index is 0.0783. The number of rotatable bonds is 5. The molecule has 0 fully saturated rings. The highest BCUT2D eigenvalue weighted by Gasteiger charge is 2.21. The minimum Gasteiger partial charge on any atom is -0.480 e. The molecule has 0 aliphatic heterocycles. The third kappa shape index (κ3) is 4.01. The van der Waals surface area contributed by atoms with E-state index in [1.54, 1.807) is 12.1 Å². The molecular weight excluding hydrogens is 321 g/mol. The lowest BCUT2D eigenvalue weighted by Gasteiger charge is -2.15. The van der Waals surface area contributed by atoms with Crippen LogP contribution in [0.1, 0.15) is 15.9 Å². The second kappa shape index (κ2) is 7.13. The number of carboxylic acids is 1. The molecule has 3 aromatic rings. The first-order valence-electron chi connectivity index (χ1n) is 7.80. The maximum atomic E-state index is 13.0. The Labute approximate surface area is 143 Å². The summed E-state index contributed by atoms with van der Waals surface area (Å²) in [5.74, 6) is -1.99. The zero-order valence-corrected chi connectivity index (χ0v) is 13.3. The number of hydrogen-bond acceptors (Lipinski definition) is 2. The maximum Gasteiger partial charge on any atom is 0.326 e. The van der Waals surface area contributed by atoms with Crippen LogP contribution in [-0.2, 0) is 11.2 Å². The molecule has 0 aliphatic carbocycles. The van der Waals surface area contributed by atoms with E-state index in [4.69, 9.17) is 0 Å². The van der Waals surface area contributed by atoms with Gasteiger partial charge in [-0.1, -0.05) is 42.5 Å². The van der Waals surface area contributed by atoms with Crippen LogP contribution >= 0.6 is 0 Å². The van der Waals surface area contributed by atoms with Gasteiger partial charge in [-0.15, -0.1) is 0 Å². The van der Waals surface area contributed by atoms with E-state index in [9.17, 15) is 19.1 Å². The number of carbonyl (C=O) groups is 2. The van der Waals surface area contributed by atoms with Gasteiger partial charge < -0.3 is 10.4 Å². The third-order valence-corrected chi connectivity index (χ3v) is 3.97. The summed E-state index contributed by atoms with van der Waals surface area (Å²) in [7, 11) is 0. The molecule has 0 unspecified atom stereocenters. The molecular formula is C20H16FNO3. The first-order chi connectivity index (χ1) is 12.0. The van der Waals surface area contributed by atoms with Crippen LogP contribution < -0.4 is 5.32 Å². The molecule has 5 heteroatoms. The molecule has 1 atom stereocenters. The summed E-state index contributed by atoms with van der Waals surface area (Å²) in [5, 5.41) is 13.8. The largest absolute Gasteiger partial charge is 0.480 e. The highest BCUT2D eigenvalue weighted by atomic mass is 19.1. The van der Waals surface area contributed by atoms with E-state index in [1.165, 1.54) is 24.3 Å². The van der Waals surface area contributed by atoms with E-state index >= 15 is 0 Å². The molecule has 4 nitrogen and oxygen atoms in total. The van der Waals surface area contributed by atoms with Crippen molar-refractivity contribution in [2.75, 3.05) is 0 Å². The molecule has 0 aromatic heterocycles. The predicted octanol–water partition coefficient (Wildman–Crippen LogP) is 3.40. The number of halogens is 1. The number of fused-ring (bicyclic) bond motifs is 1. The normalized spacial score (nSPS) is 11.9. The van der Waals surface area contributed by atoms with Gasteiger partial charge in [-0.25, -0.2) is 9.18 Å². The molecule has 0 saturated carbocycles. The smallest absolute Gasteiger partial charge is 0.326 e. The lowest BCUT2D eigenvalue weighted by atomic mass is 10.0. The van der Waals surface area contributed by atoms with Crippen LogP contribution in [0.5, 0.6) is 0 Å². The zero-order valence-electron chi connectivity index (χ0n) is 13.3. The molecule has 3 aromatic carbocycles. The highest BCUT2D eigenvalue weighted by molar-refractivity contribution is 6.00. The van der Waals surface area contributed by atoms with Gasteiger partial charge in [0.1, 0.15) is 11.9 Å². The van der Waals surface area contributed by atoms with Gasteiger partial charge in [-0.3, -0.25) is 4.79 Å². The monoisotopic (exact) mass is 337 g/mol. The first-order valence-corrected chi connectivity index (χ1v) is 7.80. The Balaban J connectivity index is 1.77. The van der Waals surface area contributed by atoms with Crippen LogP contribution in [0.3, 0.4) is 0 Å². The van der Waals surface area contributed by atoms with Gasteiger partial charge >= 0.3 is 5.97 Å². The molecule has 3 rings (SSSR count). The summed E-state index contributed by atoms with van der Waals surface area (Å²) in [5.41, 5.74) is 1.02. The Bertz CT molecular complexity index is 922. The SMILES string of the molecule is O=C(N[C@@H](Cc1ccc(F)cc1)C(=O)O)c1ccc2ccccc2c1. The highest BCUT2D eigenvalue weighted by Crippen LogP contribution is 2.16. The Kier molecular flexibility index (Phi) is 4.75. The molecule has 0 spiro atoms. The van der Waals surface area contributed by atoms with Gasteiger partial charge in [-0.2, -0.15) is 0 Å². The van der Waals surface area contributed by atoms with Crippen molar-refractivity contribution in [3.8, 4) is 0 Å². The second-order valence-electron chi connectivity index (χ2n) is 5.76. The summed E-state index contributed by atoms with van der Waals surface area (Å²) >= 11 is 0. The number of nitrogens with one attached hydrogen (secondary N) is 1. The van der Waals surface area contributed by atoms with Crippen molar-refractivity contribution in [2.45, 2.75) is 12.5 Å². The van der Waals surface area contributed by atoms with E-state index in [2.05, 4.69) is 5.32 Å². The second-order valence-corrected chi connectivity index (χ2v) is 5.76. The summed E-state index contributed by atoms with van der Waals surface area (Å²) in [4.78, 5) is 23.9. The Morgan fingerprint density at radius 1 is 0.960 bits per heavy atom. The molecule has 0 heterocycles. The molecule has 0 aliphatic rings. The Hall–Kier alpha value is -3.21. The summed E-state index contributed by atoms with van der Waals surface area (Å²) in [6.45, 7) is 0. The van der Waals surface area contributed by atoms with Crippen molar-refractivity contribution < 1.29 is 19.1 Å². The number of benzene rings is 3. The lowest BCUT2D eigenvalue weighted by Crippen LogP contribution is -2.42. The van der Waals surface area contributed by atoms with Crippen molar-refractivity contribution in [2.24, 2.45) is 0 Å². The van der Waals surface area contributed by atoms with Gasteiger partial charge in [0.2, 0.25) is 0 Å². The van der Waals surface area contributed by atoms with Crippen molar-refractivity contribution in [3.05, 3.63) is 83.7 Å². The van der Waals surface area contributed by atoms with Crippen molar-refractivity contribution in [1.29, 1.82) is 0 Å². The van der Waals surface area contributed by atoms with Crippen LogP contribution in [0.4, 0.5) is 4.39 Å². The van der Waals surface area contributed by atoms with Crippen LogP contribution in [-0.4, -0.2) is 23.0 Å². The third-order valence-electron chi connectivity index (χ3n) is 3.97. The fourth-order valence-electron chi connectivity index (χ4n) is 2.63. The van der Waals surface area contributed by atoms with E-state index < -0.39 is 23.7 Å². The number of carboxylic acid groups (broad SMARTS) is 1. The lowest BCUT2D eigenvalue weighted by molar-refractivity contribution is -0.139. The zero-order chi connectivity index (χ0) is 17.8. The fourth-order valence-corrected chi connectivity index (χ4v) is 2.63. The molecule has 25 heavy (non-hydrogen) atoms. The van der Waals surface area contributed by atoms with Crippen molar-refractivity contribution >= 4 is 22.6 Å². The average molecular weight is 337 g/mol. The van der Waals surface area contributed by atoms with Crippen LogP contribution in [0.15, 0.2) is 66.7 Å². The van der Waals surface area contributed by atoms with Gasteiger partial charge in [-0.05, 0) is 40.6 Å². The van der Waals surface area contributed by atoms with Gasteiger partial charge in [0, 0.05) is 12.0 Å². The number of amides is 1. The summed E-state index contributed by atoms with van der Waals surface area (Å²) < 4.78 is 13.0. The molecule has 0 bridgehead atoms. The number of hydrogen-bond donors (Lipinski definition) is 2. The standard InChI is InChI=1S/C20H16FNO3/c21-17-9-5-13(6-10-17)11-18(20(24)25)22-19(23)16-8-7-14-3-1-2-4-15(14)12-16/h1-10,12,18H,11H2,(H,22,23)(H,24,25)/t18-/m0/s1. The van der Waals surface area contributed by atoms with E-state index in [1.807, 2.05) is 30.3 Å². The molecule has 0 saturated heterocycles. The summed E-state index contributed by atoms with van der Waals surface area (Å²) in [6, 6.07) is 17.3. The average Bonchev–Trinajstić information content (AvgIpc) is 2.62. The summed E-state index contributed by atoms with van der Waals surface area (Å²) in [6.07, 6.45) is 0.0783. The number of aliphatic carboxylic acids is 1. The van der Waals surface area contributed by atoms with Crippen LogP contribution in [0.2, 0.25) is 0 Å². The van der Waals surface area contributed by atoms with Crippen molar-refractivity contribution in [1.82, 2.24) is 5.32 Å². The van der Waals surface area contributed by atoms with Gasteiger partial charge in [0.25, 0.3) is 5.91 Å². The number of carbonyl (C=O) groups excluding carboxylic acids is 1. The van der Waals surface area contributed by atoms with E-state index in [0.717, 1.165) is 10.8 Å². The molecule has 126 valence electrons. The van der Waals surface area contributed by atoms with E-state index in [0.29, 0.717) is 11.1 Å².